The van der Waals surface area contributed by atoms with Gasteiger partial charge in [0.25, 0.3) is 5.91 Å². The lowest BCUT2D eigenvalue weighted by molar-refractivity contribution is -0.286. The Balaban J connectivity index is 1.16. The summed E-state index contributed by atoms with van der Waals surface area (Å²) in [4.78, 5) is 37.8. The minimum Gasteiger partial charge on any atom is -0.395 e. The van der Waals surface area contributed by atoms with Crippen LogP contribution in [0.4, 0.5) is 30.9 Å². The standard InChI is InChI=1S/C24H19F2N7O4S/c25-24(26)36-17-5-4-15(10-18(17)37-24)32-22(34)20-21(31-13-38-20)29-11-14-6-8-28-19(9-14)33-23(35)30-12-16-3-1-2-7-27-16/h1-10,13,29H,11-12H2,(H,32,34)(H2,28,30,33,35). The molecule has 0 saturated heterocycles. The second kappa shape index (κ2) is 10.6. The molecule has 3 aromatic heterocycles. The Hall–Kier alpha value is -4.85. The van der Waals surface area contributed by atoms with E-state index in [-0.39, 0.29) is 35.2 Å². The van der Waals surface area contributed by atoms with Gasteiger partial charge in [0.1, 0.15) is 16.5 Å². The second-order valence-corrected chi connectivity index (χ2v) is 8.70. The summed E-state index contributed by atoms with van der Waals surface area (Å²) in [5.41, 5.74) is 3.25. The first-order chi connectivity index (χ1) is 18.3. The summed E-state index contributed by atoms with van der Waals surface area (Å²) in [6.07, 6.45) is -0.556. The number of carbonyl (C=O) groups excluding carboxylic acids is 2. The number of amides is 3. The molecule has 0 unspecified atom stereocenters. The van der Waals surface area contributed by atoms with Gasteiger partial charge in [-0.25, -0.2) is 14.8 Å². The summed E-state index contributed by atoms with van der Waals surface area (Å²) in [6.45, 7) is 0.553. The van der Waals surface area contributed by atoms with Gasteiger partial charge in [-0.05, 0) is 42.0 Å². The number of halogens is 2. The number of hydrogen-bond acceptors (Lipinski definition) is 9. The first-order valence-corrected chi connectivity index (χ1v) is 12.0. The molecule has 1 aliphatic heterocycles. The lowest BCUT2D eigenvalue weighted by atomic mass is 10.2. The van der Waals surface area contributed by atoms with Gasteiger partial charge < -0.3 is 25.4 Å². The smallest absolute Gasteiger partial charge is 0.395 e. The number of ether oxygens (including phenoxy) is 2. The Kier molecular flexibility index (Phi) is 6.95. The fourth-order valence-electron chi connectivity index (χ4n) is 3.42. The van der Waals surface area contributed by atoms with Gasteiger partial charge in [0.2, 0.25) is 0 Å². The monoisotopic (exact) mass is 539 g/mol. The van der Waals surface area contributed by atoms with E-state index in [4.69, 9.17) is 0 Å². The summed E-state index contributed by atoms with van der Waals surface area (Å²) in [5, 5.41) is 11.1. The highest BCUT2D eigenvalue weighted by molar-refractivity contribution is 7.12. The van der Waals surface area contributed by atoms with Gasteiger partial charge in [-0.3, -0.25) is 15.1 Å². The van der Waals surface area contributed by atoms with Crippen LogP contribution >= 0.6 is 11.3 Å². The molecule has 0 aliphatic carbocycles. The van der Waals surface area contributed by atoms with Crippen LogP contribution in [0.3, 0.4) is 0 Å². The van der Waals surface area contributed by atoms with E-state index >= 15 is 0 Å². The van der Waals surface area contributed by atoms with Crippen LogP contribution in [0.1, 0.15) is 20.9 Å². The summed E-state index contributed by atoms with van der Waals surface area (Å²) in [7, 11) is 0. The van der Waals surface area contributed by atoms with E-state index in [1.165, 1.54) is 23.7 Å². The van der Waals surface area contributed by atoms with Crippen molar-refractivity contribution >= 4 is 40.6 Å². The summed E-state index contributed by atoms with van der Waals surface area (Å²) in [5.74, 6) is -0.109. The molecule has 0 saturated carbocycles. The number of alkyl halides is 2. The maximum atomic E-state index is 13.2. The van der Waals surface area contributed by atoms with Gasteiger partial charge >= 0.3 is 12.3 Å². The molecule has 0 bridgehead atoms. The van der Waals surface area contributed by atoms with Crippen LogP contribution in [0.5, 0.6) is 11.5 Å². The molecule has 4 N–H and O–H groups in total. The van der Waals surface area contributed by atoms with Crippen LogP contribution in [0, 0.1) is 0 Å². The largest absolute Gasteiger partial charge is 0.586 e. The molecule has 0 radical (unpaired) electrons. The molecule has 4 aromatic rings. The first kappa shape index (κ1) is 24.8. The van der Waals surface area contributed by atoms with Crippen molar-refractivity contribution < 1.29 is 27.8 Å². The molecule has 1 aromatic carbocycles. The molecule has 38 heavy (non-hydrogen) atoms. The molecule has 4 heterocycles. The van der Waals surface area contributed by atoms with Crippen molar-refractivity contribution in [3.05, 3.63) is 82.6 Å². The van der Waals surface area contributed by atoms with Crippen LogP contribution in [0.2, 0.25) is 0 Å². The number of anilines is 3. The highest BCUT2D eigenvalue weighted by Gasteiger charge is 2.43. The average Bonchev–Trinajstić information content (AvgIpc) is 3.49. The Morgan fingerprint density at radius 2 is 1.79 bits per heavy atom. The molecule has 14 heteroatoms. The molecule has 1 aliphatic rings. The van der Waals surface area contributed by atoms with E-state index < -0.39 is 18.2 Å². The highest BCUT2D eigenvalue weighted by Crippen LogP contribution is 2.42. The maximum absolute atomic E-state index is 13.2. The average molecular weight is 540 g/mol. The minimum atomic E-state index is -3.74. The van der Waals surface area contributed by atoms with E-state index in [0.717, 1.165) is 22.6 Å². The number of nitrogens with zero attached hydrogens (tertiary/aromatic N) is 3. The van der Waals surface area contributed by atoms with E-state index in [1.807, 2.05) is 6.07 Å². The normalized spacial score (nSPS) is 13.0. The number of thiazole rings is 1. The third-order valence-corrected chi connectivity index (χ3v) is 5.94. The number of pyridine rings is 2. The lowest BCUT2D eigenvalue weighted by Crippen LogP contribution is -2.28. The SMILES string of the molecule is O=C(NCc1ccccn1)Nc1cc(CNc2ncsc2C(=O)Nc2ccc3c(c2)OC(F)(F)O3)ccn1. The van der Waals surface area contributed by atoms with Gasteiger partial charge in [-0.1, -0.05) is 6.07 Å². The Morgan fingerprint density at radius 3 is 2.63 bits per heavy atom. The number of benzene rings is 1. The van der Waals surface area contributed by atoms with Gasteiger partial charge in [0.05, 0.1) is 17.7 Å². The van der Waals surface area contributed by atoms with Crippen LogP contribution in [-0.2, 0) is 13.1 Å². The van der Waals surface area contributed by atoms with Crippen molar-refractivity contribution in [2.24, 2.45) is 0 Å². The third kappa shape index (κ3) is 6.10. The Morgan fingerprint density at radius 1 is 0.921 bits per heavy atom. The fourth-order valence-corrected chi connectivity index (χ4v) is 4.08. The number of rotatable bonds is 8. The molecule has 0 atom stereocenters. The minimum absolute atomic E-state index is 0.120. The van der Waals surface area contributed by atoms with Crippen LogP contribution < -0.4 is 30.7 Å². The van der Waals surface area contributed by atoms with Crippen molar-refractivity contribution in [3.63, 3.8) is 0 Å². The molecule has 194 valence electrons. The first-order valence-electron chi connectivity index (χ1n) is 11.1. The zero-order valence-corrected chi connectivity index (χ0v) is 20.2. The van der Waals surface area contributed by atoms with Crippen molar-refractivity contribution in [2.75, 3.05) is 16.0 Å². The van der Waals surface area contributed by atoms with Crippen molar-refractivity contribution in [3.8, 4) is 11.5 Å². The fraction of sp³-hybridized carbons (Fsp3) is 0.125. The summed E-state index contributed by atoms with van der Waals surface area (Å²) >= 11 is 1.11. The maximum Gasteiger partial charge on any atom is 0.586 e. The van der Waals surface area contributed by atoms with E-state index in [2.05, 4.69) is 45.7 Å². The van der Waals surface area contributed by atoms with Crippen LogP contribution in [-0.4, -0.2) is 33.2 Å². The van der Waals surface area contributed by atoms with Crippen molar-refractivity contribution in [2.45, 2.75) is 19.4 Å². The topological polar surface area (TPSA) is 139 Å². The molecule has 3 amide bonds. The predicted molar refractivity (Wildman–Crippen MR) is 134 cm³/mol. The van der Waals surface area contributed by atoms with Crippen molar-refractivity contribution in [1.82, 2.24) is 20.3 Å². The quantitative estimate of drug-likeness (QED) is 0.258. The summed E-state index contributed by atoms with van der Waals surface area (Å²) < 4.78 is 35.3. The zero-order valence-electron chi connectivity index (χ0n) is 19.4. The van der Waals surface area contributed by atoms with E-state index in [9.17, 15) is 18.4 Å². The van der Waals surface area contributed by atoms with Gasteiger partial charge in [-0.2, -0.15) is 0 Å². The molecule has 0 spiro atoms. The van der Waals surface area contributed by atoms with Crippen LogP contribution in [0.15, 0.2) is 66.4 Å². The van der Waals surface area contributed by atoms with Gasteiger partial charge in [0.15, 0.2) is 11.5 Å². The second-order valence-electron chi connectivity index (χ2n) is 7.84. The molecule has 5 rings (SSSR count). The number of aromatic nitrogens is 3. The number of carbonyl (C=O) groups is 2. The molecular formula is C24H19F2N7O4S. The molecule has 11 nitrogen and oxygen atoms in total. The Labute approximate surface area is 218 Å². The number of nitrogens with one attached hydrogen (secondary N) is 4. The van der Waals surface area contributed by atoms with E-state index in [1.54, 1.807) is 36.7 Å². The zero-order chi connectivity index (χ0) is 26.5. The van der Waals surface area contributed by atoms with Crippen molar-refractivity contribution in [1.29, 1.82) is 0 Å². The Bertz CT molecular complexity index is 1470. The van der Waals surface area contributed by atoms with Crippen LogP contribution in [0.25, 0.3) is 0 Å². The number of urea groups is 1. The third-order valence-electron chi connectivity index (χ3n) is 5.11. The number of hydrogen-bond donors (Lipinski definition) is 4. The lowest BCUT2D eigenvalue weighted by Gasteiger charge is -2.10. The number of fused-ring (bicyclic) bond motifs is 1. The van der Waals surface area contributed by atoms with E-state index in [0.29, 0.717) is 11.6 Å². The van der Waals surface area contributed by atoms with Gasteiger partial charge in [-0.15, -0.1) is 20.1 Å². The highest BCUT2D eigenvalue weighted by atomic mass is 32.1. The van der Waals surface area contributed by atoms with Gasteiger partial charge in [0, 0.05) is 30.7 Å². The molecule has 0 fully saturated rings. The summed E-state index contributed by atoms with van der Waals surface area (Å²) in [6, 6.07) is 12.4. The molecular weight excluding hydrogens is 520 g/mol. The predicted octanol–water partition coefficient (Wildman–Crippen LogP) is 4.44.